The minimum Gasteiger partial charge on any atom is -0.492 e. The molecular weight excluding hydrogens is 326 g/mol. The summed E-state index contributed by atoms with van der Waals surface area (Å²) in [6.07, 6.45) is 0. The Morgan fingerprint density at radius 1 is 1.40 bits per heavy atom. The third-order valence-corrected chi connectivity index (χ3v) is 3.68. The number of ether oxygens (including phenoxy) is 2. The summed E-state index contributed by atoms with van der Waals surface area (Å²) in [5.74, 6) is -0.0816. The van der Waals surface area contributed by atoms with Crippen LogP contribution in [0.25, 0.3) is 0 Å². The van der Waals surface area contributed by atoms with Gasteiger partial charge in [-0.15, -0.1) is 0 Å². The van der Waals surface area contributed by atoms with E-state index in [0.717, 1.165) is 29.9 Å². The Hall–Kier alpha value is -1.11. The molecule has 0 atom stereocenters. The van der Waals surface area contributed by atoms with E-state index in [1.165, 1.54) is 0 Å². The Labute approximate surface area is 126 Å². The summed E-state index contributed by atoms with van der Waals surface area (Å²) < 4.78 is 12.0. The van der Waals surface area contributed by atoms with Gasteiger partial charge in [0.1, 0.15) is 19.0 Å². The van der Waals surface area contributed by atoms with Crippen molar-refractivity contribution in [1.82, 2.24) is 4.90 Å². The summed E-state index contributed by atoms with van der Waals surface area (Å²) in [6.45, 7) is 4.59. The van der Waals surface area contributed by atoms with Crippen LogP contribution >= 0.6 is 15.9 Å². The molecule has 1 heterocycles. The molecule has 110 valence electrons. The fraction of sp³-hybridized carbons (Fsp3) is 0.500. The van der Waals surface area contributed by atoms with Gasteiger partial charge in [0.05, 0.1) is 5.60 Å². The van der Waals surface area contributed by atoms with Crippen LogP contribution in [0.15, 0.2) is 28.7 Å². The van der Waals surface area contributed by atoms with Crippen LogP contribution in [0, 0.1) is 0 Å². The van der Waals surface area contributed by atoms with Crippen LogP contribution < -0.4 is 4.74 Å². The van der Waals surface area contributed by atoms with Gasteiger partial charge in [-0.05, 0) is 31.2 Å². The number of carbonyl (C=O) groups is 1. The van der Waals surface area contributed by atoms with E-state index >= 15 is 0 Å². The molecule has 2 rings (SSSR count). The number of nitrogens with zero attached hydrogens (tertiary/aromatic N) is 1. The third-order valence-electron chi connectivity index (χ3n) is 3.15. The van der Waals surface area contributed by atoms with Gasteiger partial charge in [-0.2, -0.15) is 0 Å². The van der Waals surface area contributed by atoms with Crippen LogP contribution in [-0.4, -0.2) is 54.4 Å². The van der Waals surface area contributed by atoms with E-state index in [1.54, 1.807) is 0 Å². The number of benzene rings is 1. The maximum absolute atomic E-state index is 10.5. The third kappa shape index (κ3) is 4.47. The summed E-state index contributed by atoms with van der Waals surface area (Å²) in [4.78, 5) is 12.6. The predicted octanol–water partition coefficient (Wildman–Crippen LogP) is 2.00. The normalized spacial score (nSPS) is 17.5. The number of hydrogen-bond acceptors (Lipinski definition) is 4. The number of carboxylic acid groups (broad SMARTS) is 1. The van der Waals surface area contributed by atoms with Crippen molar-refractivity contribution in [3.05, 3.63) is 28.7 Å². The SMILES string of the molecule is CC1(OCC(=O)O)CN(CCOc2ccc(Br)cc2)C1. The highest BCUT2D eigenvalue weighted by Gasteiger charge is 2.39. The molecule has 0 amide bonds. The van der Waals surface area contributed by atoms with E-state index in [1.807, 2.05) is 31.2 Å². The molecule has 6 heteroatoms. The fourth-order valence-corrected chi connectivity index (χ4v) is 2.47. The highest BCUT2D eigenvalue weighted by Crippen LogP contribution is 2.24. The van der Waals surface area contributed by atoms with Crippen molar-refractivity contribution in [2.75, 3.05) is 32.8 Å². The summed E-state index contributed by atoms with van der Waals surface area (Å²) in [5, 5.41) is 8.59. The Kier molecular flexibility index (Phi) is 5.01. The minimum absolute atomic E-state index is 0.236. The van der Waals surface area contributed by atoms with Crippen LogP contribution in [0.5, 0.6) is 5.75 Å². The van der Waals surface area contributed by atoms with Crippen LogP contribution in [0.3, 0.4) is 0 Å². The molecule has 1 aliphatic heterocycles. The maximum Gasteiger partial charge on any atom is 0.329 e. The van der Waals surface area contributed by atoms with Gasteiger partial charge in [-0.3, -0.25) is 4.90 Å². The second-order valence-corrected chi connectivity index (χ2v) is 6.06. The van der Waals surface area contributed by atoms with Gasteiger partial charge in [0.15, 0.2) is 0 Å². The zero-order valence-corrected chi connectivity index (χ0v) is 12.9. The first-order chi connectivity index (χ1) is 9.47. The predicted molar refractivity (Wildman–Crippen MR) is 78.1 cm³/mol. The first kappa shape index (κ1) is 15.3. The lowest BCUT2D eigenvalue weighted by Gasteiger charge is -2.47. The average molecular weight is 344 g/mol. The highest BCUT2D eigenvalue weighted by molar-refractivity contribution is 9.10. The Bertz CT molecular complexity index is 457. The summed E-state index contributed by atoms with van der Waals surface area (Å²) in [6, 6.07) is 7.71. The van der Waals surface area contributed by atoms with Gasteiger partial charge in [-0.25, -0.2) is 4.79 Å². The highest BCUT2D eigenvalue weighted by atomic mass is 79.9. The van der Waals surface area contributed by atoms with Crippen molar-refractivity contribution in [2.24, 2.45) is 0 Å². The van der Waals surface area contributed by atoms with Crippen molar-refractivity contribution in [3.8, 4) is 5.75 Å². The van der Waals surface area contributed by atoms with Gasteiger partial charge in [-0.1, -0.05) is 15.9 Å². The number of rotatable bonds is 7. The zero-order chi connectivity index (χ0) is 14.6. The largest absolute Gasteiger partial charge is 0.492 e. The molecule has 1 N–H and O–H groups in total. The lowest BCUT2D eigenvalue weighted by molar-refractivity contribution is -0.165. The van der Waals surface area contributed by atoms with E-state index in [9.17, 15) is 4.79 Å². The van der Waals surface area contributed by atoms with E-state index in [-0.39, 0.29) is 12.2 Å². The summed E-state index contributed by atoms with van der Waals surface area (Å²) in [7, 11) is 0. The smallest absolute Gasteiger partial charge is 0.329 e. The summed E-state index contributed by atoms with van der Waals surface area (Å²) >= 11 is 3.38. The van der Waals surface area contributed by atoms with Gasteiger partial charge < -0.3 is 14.6 Å². The maximum atomic E-state index is 10.5. The van der Waals surface area contributed by atoms with Crippen molar-refractivity contribution >= 4 is 21.9 Å². The molecule has 1 aromatic rings. The van der Waals surface area contributed by atoms with Crippen LogP contribution in [-0.2, 0) is 9.53 Å². The van der Waals surface area contributed by atoms with Crippen molar-refractivity contribution < 1.29 is 19.4 Å². The fourth-order valence-electron chi connectivity index (χ4n) is 2.21. The number of hydrogen-bond donors (Lipinski definition) is 1. The number of carboxylic acids is 1. The van der Waals surface area contributed by atoms with Crippen molar-refractivity contribution in [3.63, 3.8) is 0 Å². The van der Waals surface area contributed by atoms with Gasteiger partial charge in [0.25, 0.3) is 0 Å². The van der Waals surface area contributed by atoms with Crippen LogP contribution in [0.2, 0.25) is 0 Å². The molecule has 0 radical (unpaired) electrons. The van der Waals surface area contributed by atoms with Crippen molar-refractivity contribution in [1.29, 1.82) is 0 Å². The molecule has 1 saturated heterocycles. The second-order valence-electron chi connectivity index (χ2n) is 5.15. The quantitative estimate of drug-likeness (QED) is 0.820. The molecule has 1 aromatic carbocycles. The van der Waals surface area contributed by atoms with E-state index in [0.29, 0.717) is 6.61 Å². The lowest BCUT2D eigenvalue weighted by Crippen LogP contribution is -2.62. The average Bonchev–Trinajstić information content (AvgIpc) is 2.37. The molecular formula is C14H18BrNO4. The molecule has 5 nitrogen and oxygen atoms in total. The number of likely N-dealkylation sites (tertiary alicyclic amines) is 1. The lowest BCUT2D eigenvalue weighted by atomic mass is 9.96. The molecule has 0 bridgehead atoms. The van der Waals surface area contributed by atoms with E-state index in [4.69, 9.17) is 14.6 Å². The number of halogens is 1. The van der Waals surface area contributed by atoms with Gasteiger partial charge in [0.2, 0.25) is 0 Å². The zero-order valence-electron chi connectivity index (χ0n) is 11.3. The van der Waals surface area contributed by atoms with Crippen molar-refractivity contribution in [2.45, 2.75) is 12.5 Å². The molecule has 1 aliphatic rings. The molecule has 20 heavy (non-hydrogen) atoms. The summed E-state index contributed by atoms with van der Waals surface area (Å²) in [5.41, 5.74) is -0.337. The van der Waals surface area contributed by atoms with Gasteiger partial charge in [0, 0.05) is 24.1 Å². The Morgan fingerprint density at radius 3 is 2.65 bits per heavy atom. The van der Waals surface area contributed by atoms with Crippen LogP contribution in [0.1, 0.15) is 6.92 Å². The van der Waals surface area contributed by atoms with Gasteiger partial charge >= 0.3 is 5.97 Å². The molecule has 0 saturated carbocycles. The monoisotopic (exact) mass is 343 g/mol. The second kappa shape index (κ2) is 6.56. The first-order valence-electron chi connectivity index (χ1n) is 6.43. The topological polar surface area (TPSA) is 59.0 Å². The van der Waals surface area contributed by atoms with Crippen LogP contribution in [0.4, 0.5) is 0 Å². The van der Waals surface area contributed by atoms with E-state index in [2.05, 4.69) is 20.8 Å². The molecule has 0 unspecified atom stereocenters. The Morgan fingerprint density at radius 2 is 2.05 bits per heavy atom. The molecule has 1 fully saturated rings. The molecule has 0 aromatic heterocycles. The number of aliphatic carboxylic acids is 1. The standard InChI is InChI=1S/C14H18BrNO4/c1-14(20-8-13(17)18)9-16(10-14)6-7-19-12-4-2-11(15)3-5-12/h2-5H,6-10H2,1H3,(H,17,18). The minimum atomic E-state index is -0.928. The first-order valence-corrected chi connectivity index (χ1v) is 7.23. The molecule has 0 spiro atoms. The molecule has 0 aliphatic carbocycles. The van der Waals surface area contributed by atoms with E-state index < -0.39 is 5.97 Å². The Balaban J connectivity index is 1.63.